The molecule has 90 valence electrons. The van der Waals surface area contributed by atoms with Gasteiger partial charge in [0, 0.05) is 15.8 Å². The molecule has 17 heavy (non-hydrogen) atoms. The summed E-state index contributed by atoms with van der Waals surface area (Å²) in [7, 11) is 0. The van der Waals surface area contributed by atoms with E-state index in [9.17, 15) is 5.11 Å². The summed E-state index contributed by atoms with van der Waals surface area (Å²) in [4.78, 5) is 2.15. The van der Waals surface area contributed by atoms with Gasteiger partial charge in [0.15, 0.2) is 0 Å². The second-order valence-electron chi connectivity index (χ2n) is 4.25. The maximum Gasteiger partial charge on any atom is 0.104 e. The van der Waals surface area contributed by atoms with Crippen LogP contribution in [0.4, 0.5) is 0 Å². The molecule has 2 unspecified atom stereocenters. The van der Waals surface area contributed by atoms with Gasteiger partial charge < -0.3 is 10.8 Å². The van der Waals surface area contributed by atoms with E-state index in [0.29, 0.717) is 6.42 Å². The van der Waals surface area contributed by atoms with Crippen molar-refractivity contribution in [1.82, 2.24) is 0 Å². The molecule has 0 amide bonds. The van der Waals surface area contributed by atoms with Crippen molar-refractivity contribution in [2.24, 2.45) is 5.73 Å². The SMILES string of the molecule is Cc1ccc(C(O)C(N)Cc2ccccc2)s1. The Morgan fingerprint density at radius 3 is 2.47 bits per heavy atom. The summed E-state index contributed by atoms with van der Waals surface area (Å²) >= 11 is 1.60. The lowest BCUT2D eigenvalue weighted by molar-refractivity contribution is 0.150. The molecule has 0 bridgehead atoms. The van der Waals surface area contributed by atoms with Crippen LogP contribution in [0.5, 0.6) is 0 Å². The summed E-state index contributed by atoms with van der Waals surface area (Å²) in [5, 5.41) is 10.1. The van der Waals surface area contributed by atoms with Crippen molar-refractivity contribution in [3.63, 3.8) is 0 Å². The van der Waals surface area contributed by atoms with Crippen LogP contribution in [-0.4, -0.2) is 11.1 Å². The summed E-state index contributed by atoms with van der Waals surface area (Å²) in [6.07, 6.45) is 0.118. The van der Waals surface area contributed by atoms with Gasteiger partial charge in [0.25, 0.3) is 0 Å². The van der Waals surface area contributed by atoms with Gasteiger partial charge in [0.05, 0.1) is 0 Å². The zero-order valence-corrected chi connectivity index (χ0v) is 10.7. The van der Waals surface area contributed by atoms with Crippen LogP contribution in [0, 0.1) is 6.92 Å². The van der Waals surface area contributed by atoms with Crippen molar-refractivity contribution in [3.8, 4) is 0 Å². The Kier molecular flexibility index (Phi) is 3.94. The Labute approximate surface area is 106 Å². The van der Waals surface area contributed by atoms with Crippen LogP contribution in [0.2, 0.25) is 0 Å². The molecule has 0 saturated heterocycles. The first-order valence-electron chi connectivity index (χ1n) is 5.70. The number of aliphatic hydroxyl groups excluding tert-OH is 1. The maximum absolute atomic E-state index is 10.1. The maximum atomic E-state index is 10.1. The van der Waals surface area contributed by atoms with Crippen LogP contribution < -0.4 is 5.73 Å². The van der Waals surface area contributed by atoms with Gasteiger partial charge in [0.1, 0.15) is 6.10 Å². The summed E-state index contributed by atoms with van der Waals surface area (Å²) in [6.45, 7) is 2.03. The van der Waals surface area contributed by atoms with Crippen molar-refractivity contribution < 1.29 is 5.11 Å². The fraction of sp³-hybridized carbons (Fsp3) is 0.286. The van der Waals surface area contributed by atoms with E-state index in [4.69, 9.17) is 5.73 Å². The second kappa shape index (κ2) is 5.45. The van der Waals surface area contributed by atoms with Gasteiger partial charge in [-0.05, 0) is 31.0 Å². The molecule has 0 aliphatic heterocycles. The van der Waals surface area contributed by atoms with Crippen molar-refractivity contribution in [2.75, 3.05) is 0 Å². The third-order valence-corrected chi connectivity index (χ3v) is 3.84. The highest BCUT2D eigenvalue weighted by atomic mass is 32.1. The van der Waals surface area contributed by atoms with Gasteiger partial charge in [-0.25, -0.2) is 0 Å². The van der Waals surface area contributed by atoms with Gasteiger partial charge in [-0.1, -0.05) is 30.3 Å². The number of hydrogen-bond acceptors (Lipinski definition) is 3. The average Bonchev–Trinajstić information content (AvgIpc) is 2.76. The molecule has 0 aliphatic carbocycles. The fourth-order valence-corrected chi connectivity index (χ4v) is 2.76. The van der Waals surface area contributed by atoms with Crippen LogP contribution >= 0.6 is 11.3 Å². The van der Waals surface area contributed by atoms with Crippen molar-refractivity contribution in [1.29, 1.82) is 0 Å². The van der Waals surface area contributed by atoms with Gasteiger partial charge >= 0.3 is 0 Å². The van der Waals surface area contributed by atoms with Crippen LogP contribution in [-0.2, 0) is 6.42 Å². The third kappa shape index (κ3) is 3.16. The molecule has 0 radical (unpaired) electrons. The molecule has 0 fully saturated rings. The van der Waals surface area contributed by atoms with Gasteiger partial charge in [0.2, 0.25) is 0 Å². The lowest BCUT2D eigenvalue weighted by atomic mass is 10.0. The Morgan fingerprint density at radius 2 is 1.88 bits per heavy atom. The smallest absolute Gasteiger partial charge is 0.104 e. The normalized spacial score (nSPS) is 14.5. The van der Waals surface area contributed by atoms with Crippen molar-refractivity contribution in [2.45, 2.75) is 25.5 Å². The molecule has 2 rings (SSSR count). The average molecular weight is 247 g/mol. The van der Waals surface area contributed by atoms with Crippen LogP contribution in [0.15, 0.2) is 42.5 Å². The lowest BCUT2D eigenvalue weighted by Crippen LogP contribution is -2.30. The molecule has 0 spiro atoms. The van der Waals surface area contributed by atoms with E-state index < -0.39 is 6.10 Å². The minimum absolute atomic E-state index is 0.254. The standard InChI is InChI=1S/C14H17NOS/c1-10-7-8-13(17-10)14(16)12(15)9-11-5-3-2-4-6-11/h2-8,12,14,16H,9,15H2,1H3. The van der Waals surface area contributed by atoms with E-state index in [-0.39, 0.29) is 6.04 Å². The largest absolute Gasteiger partial charge is 0.386 e. The molecule has 1 aromatic heterocycles. The number of nitrogens with two attached hydrogens (primary N) is 1. The Balaban J connectivity index is 2.03. The molecule has 2 nitrogen and oxygen atoms in total. The molecule has 0 saturated carbocycles. The van der Waals surface area contributed by atoms with Crippen molar-refractivity contribution >= 4 is 11.3 Å². The topological polar surface area (TPSA) is 46.2 Å². The number of aliphatic hydroxyl groups is 1. The van der Waals surface area contributed by atoms with Crippen molar-refractivity contribution in [3.05, 3.63) is 57.8 Å². The monoisotopic (exact) mass is 247 g/mol. The number of rotatable bonds is 4. The summed E-state index contributed by atoms with van der Waals surface area (Å²) < 4.78 is 0. The molecule has 0 aliphatic rings. The minimum Gasteiger partial charge on any atom is -0.386 e. The van der Waals surface area contributed by atoms with Crippen LogP contribution in [0.3, 0.4) is 0 Å². The Morgan fingerprint density at radius 1 is 1.18 bits per heavy atom. The minimum atomic E-state index is -0.575. The number of benzene rings is 1. The Bertz CT molecular complexity index is 466. The molecule has 2 atom stereocenters. The fourth-order valence-electron chi connectivity index (χ4n) is 1.82. The lowest BCUT2D eigenvalue weighted by Gasteiger charge is -2.17. The zero-order valence-electron chi connectivity index (χ0n) is 9.84. The van der Waals surface area contributed by atoms with E-state index >= 15 is 0 Å². The zero-order chi connectivity index (χ0) is 12.3. The quantitative estimate of drug-likeness (QED) is 0.872. The van der Waals surface area contributed by atoms with Crippen LogP contribution in [0.25, 0.3) is 0 Å². The predicted octanol–water partition coefficient (Wildman–Crippen LogP) is 2.66. The summed E-state index contributed by atoms with van der Waals surface area (Å²) in [6, 6.07) is 13.7. The molecule has 1 heterocycles. The summed E-state index contributed by atoms with van der Waals surface area (Å²) in [5.74, 6) is 0. The number of hydrogen-bond donors (Lipinski definition) is 2. The highest BCUT2D eigenvalue weighted by Gasteiger charge is 2.18. The van der Waals surface area contributed by atoms with Crippen LogP contribution in [0.1, 0.15) is 21.4 Å². The molecular formula is C14H17NOS. The van der Waals surface area contributed by atoms with E-state index in [0.717, 1.165) is 10.4 Å². The summed E-state index contributed by atoms with van der Waals surface area (Å²) in [5.41, 5.74) is 7.21. The highest BCUT2D eigenvalue weighted by molar-refractivity contribution is 7.12. The molecule has 1 aromatic carbocycles. The van der Waals surface area contributed by atoms with Gasteiger partial charge in [-0.2, -0.15) is 0 Å². The van der Waals surface area contributed by atoms with E-state index in [1.807, 2.05) is 49.4 Å². The van der Waals surface area contributed by atoms with E-state index in [1.54, 1.807) is 11.3 Å². The first-order chi connectivity index (χ1) is 8.16. The van der Waals surface area contributed by atoms with Gasteiger partial charge in [-0.15, -0.1) is 11.3 Å². The number of thiophene rings is 1. The second-order valence-corrected chi connectivity index (χ2v) is 5.57. The predicted molar refractivity (Wildman–Crippen MR) is 72.1 cm³/mol. The Hall–Kier alpha value is -1.16. The third-order valence-electron chi connectivity index (χ3n) is 2.77. The molecule has 2 aromatic rings. The first-order valence-corrected chi connectivity index (χ1v) is 6.52. The van der Waals surface area contributed by atoms with E-state index in [2.05, 4.69) is 0 Å². The first kappa shape index (κ1) is 12.3. The highest BCUT2D eigenvalue weighted by Crippen LogP contribution is 2.25. The molecular weight excluding hydrogens is 230 g/mol. The molecule has 3 heteroatoms. The van der Waals surface area contributed by atoms with E-state index in [1.165, 1.54) is 4.88 Å². The van der Waals surface area contributed by atoms with Gasteiger partial charge in [-0.3, -0.25) is 0 Å². The number of aryl methyl sites for hydroxylation is 1. The molecule has 3 N–H and O–H groups in total.